The molecule has 0 aliphatic carbocycles. The highest BCUT2D eigenvalue weighted by Crippen LogP contribution is 2.23. The summed E-state index contributed by atoms with van der Waals surface area (Å²) in [4.78, 5) is 25.2. The van der Waals surface area contributed by atoms with Crippen LogP contribution in [0.1, 0.15) is 98.1 Å². The van der Waals surface area contributed by atoms with E-state index in [0.29, 0.717) is 11.7 Å². The maximum Gasteiger partial charge on any atom is 0.413 e. The Bertz CT molecular complexity index is 949. The van der Waals surface area contributed by atoms with Crippen molar-refractivity contribution >= 4 is 12.1 Å². The minimum absolute atomic E-state index is 0.140. The Hall–Kier alpha value is -2.82. The molecule has 0 aromatic heterocycles. The number of rotatable bonds is 13. The lowest BCUT2D eigenvalue weighted by Crippen LogP contribution is -2.46. The lowest BCUT2D eigenvalue weighted by Gasteiger charge is -2.20. The first-order valence-corrected chi connectivity index (χ1v) is 13.1. The summed E-state index contributed by atoms with van der Waals surface area (Å²) < 4.78 is 10.9. The van der Waals surface area contributed by atoms with E-state index in [4.69, 9.17) is 9.47 Å². The molecular weight excluding hydrogens is 450 g/mol. The number of aryl methyl sites for hydroxylation is 1. The molecule has 5 heteroatoms. The minimum atomic E-state index is -0.784. The van der Waals surface area contributed by atoms with Crippen molar-refractivity contribution in [3.05, 3.63) is 64.3 Å². The highest BCUT2D eigenvalue weighted by Gasteiger charge is 2.26. The predicted molar refractivity (Wildman–Crippen MR) is 149 cm³/mol. The Morgan fingerprint density at radius 3 is 2.08 bits per heavy atom. The van der Waals surface area contributed by atoms with Gasteiger partial charge < -0.3 is 14.8 Å². The van der Waals surface area contributed by atoms with E-state index in [0.717, 1.165) is 31.2 Å². The molecule has 0 aliphatic rings. The average Bonchev–Trinajstić information content (AvgIpc) is 2.78. The molecule has 200 valence electrons. The third-order valence-electron chi connectivity index (χ3n) is 6.04. The first kappa shape index (κ1) is 31.2. The molecule has 1 amide bonds. The highest BCUT2D eigenvalue weighted by molar-refractivity contribution is 5.82. The van der Waals surface area contributed by atoms with E-state index in [2.05, 4.69) is 52.1 Å². The van der Waals surface area contributed by atoms with Crippen LogP contribution in [0.4, 0.5) is 4.79 Å². The molecule has 5 nitrogen and oxygen atoms in total. The number of nitrogens with one attached hydrogen (secondary N) is 1. The number of amides is 1. The molecule has 0 spiro atoms. The maximum atomic E-state index is 12.7. The van der Waals surface area contributed by atoms with E-state index < -0.39 is 18.1 Å². The molecule has 0 aliphatic heterocycles. The molecule has 1 rings (SSSR count). The zero-order valence-electron chi connectivity index (χ0n) is 23.9. The summed E-state index contributed by atoms with van der Waals surface area (Å²) in [6.45, 7) is 18.5. The van der Waals surface area contributed by atoms with Crippen LogP contribution in [0.3, 0.4) is 0 Å². The number of benzene rings is 1. The van der Waals surface area contributed by atoms with Crippen LogP contribution < -0.4 is 10.1 Å². The summed E-state index contributed by atoms with van der Waals surface area (Å²) >= 11 is 0. The van der Waals surface area contributed by atoms with Crippen LogP contribution in [0.2, 0.25) is 0 Å². The molecule has 0 saturated heterocycles. The van der Waals surface area contributed by atoms with Crippen LogP contribution in [0.15, 0.2) is 53.1 Å². The van der Waals surface area contributed by atoms with Gasteiger partial charge in [0, 0.05) is 0 Å². The number of hydrogen-bond donors (Lipinski definition) is 1. The molecule has 0 fully saturated rings. The largest absolute Gasteiger partial charge is 0.460 e. The number of carbonyl (C=O) groups is 2. The van der Waals surface area contributed by atoms with Crippen molar-refractivity contribution in [3.63, 3.8) is 0 Å². The smallest absolute Gasteiger partial charge is 0.413 e. The monoisotopic (exact) mass is 497 g/mol. The third kappa shape index (κ3) is 12.2. The van der Waals surface area contributed by atoms with E-state index in [1.54, 1.807) is 6.07 Å². The first-order chi connectivity index (χ1) is 16.9. The van der Waals surface area contributed by atoms with Crippen molar-refractivity contribution in [2.24, 2.45) is 5.92 Å². The molecular formula is C31H47NO4. The molecule has 0 unspecified atom stereocenters. The average molecular weight is 498 g/mol. The predicted octanol–water partition coefficient (Wildman–Crippen LogP) is 8.19. The van der Waals surface area contributed by atoms with Crippen molar-refractivity contribution in [3.8, 4) is 5.75 Å². The van der Waals surface area contributed by atoms with Crippen molar-refractivity contribution < 1.29 is 19.1 Å². The van der Waals surface area contributed by atoms with Crippen LogP contribution in [0.5, 0.6) is 5.75 Å². The van der Waals surface area contributed by atoms with Gasteiger partial charge in [0.15, 0.2) is 0 Å². The van der Waals surface area contributed by atoms with Crippen molar-refractivity contribution in [2.45, 2.75) is 100.0 Å². The van der Waals surface area contributed by atoms with Crippen LogP contribution in [0, 0.1) is 12.8 Å². The molecule has 1 aromatic carbocycles. The summed E-state index contributed by atoms with van der Waals surface area (Å²) in [5, 5.41) is 2.67. The quantitative estimate of drug-likeness (QED) is 0.220. The Morgan fingerprint density at radius 1 is 0.917 bits per heavy atom. The third-order valence-corrected chi connectivity index (χ3v) is 6.04. The number of hydrogen-bond acceptors (Lipinski definition) is 4. The Labute approximate surface area is 219 Å². The van der Waals surface area contributed by atoms with Crippen LogP contribution in [-0.4, -0.2) is 24.7 Å². The first-order valence-electron chi connectivity index (χ1n) is 13.1. The lowest BCUT2D eigenvalue weighted by molar-refractivity contribution is -0.145. The lowest BCUT2D eigenvalue weighted by atomic mass is 10.0. The maximum absolute atomic E-state index is 12.7. The van der Waals surface area contributed by atoms with Gasteiger partial charge >= 0.3 is 12.1 Å². The molecule has 1 atom stereocenters. The Balaban J connectivity index is 2.55. The van der Waals surface area contributed by atoms with E-state index >= 15 is 0 Å². The van der Waals surface area contributed by atoms with Gasteiger partial charge in [-0.15, -0.1) is 0 Å². The second-order valence-corrected chi connectivity index (χ2v) is 10.5. The van der Waals surface area contributed by atoms with Crippen molar-refractivity contribution in [1.29, 1.82) is 0 Å². The second-order valence-electron chi connectivity index (χ2n) is 10.5. The molecule has 0 radical (unpaired) electrons. The van der Waals surface area contributed by atoms with E-state index in [9.17, 15) is 9.59 Å². The fourth-order valence-electron chi connectivity index (χ4n) is 3.60. The molecule has 0 bridgehead atoms. The number of allylic oxidation sites excluding steroid dienone is 5. The van der Waals surface area contributed by atoms with Gasteiger partial charge in [-0.1, -0.05) is 68.7 Å². The van der Waals surface area contributed by atoms with Gasteiger partial charge in [-0.3, -0.25) is 0 Å². The van der Waals surface area contributed by atoms with E-state index in [1.165, 1.54) is 22.3 Å². The second kappa shape index (κ2) is 16.0. The van der Waals surface area contributed by atoms with Gasteiger partial charge in [0.25, 0.3) is 0 Å². The molecule has 0 saturated carbocycles. The summed E-state index contributed by atoms with van der Waals surface area (Å²) in [6, 6.07) is 4.97. The molecule has 36 heavy (non-hydrogen) atoms. The van der Waals surface area contributed by atoms with Gasteiger partial charge in [0.1, 0.15) is 18.4 Å². The van der Waals surface area contributed by atoms with E-state index in [1.807, 2.05) is 45.9 Å². The van der Waals surface area contributed by atoms with Gasteiger partial charge in [-0.2, -0.15) is 0 Å². The van der Waals surface area contributed by atoms with Gasteiger partial charge in [0.05, 0.1) is 0 Å². The van der Waals surface area contributed by atoms with Crippen molar-refractivity contribution in [2.75, 3.05) is 6.61 Å². The SMILES string of the molecule is CC(C)=CCC/C(C)=C/CC/C(C)=C/COC(=O)[C@@H](NC(=O)Oc1ccc(C(C)C)cc1C)C(C)C. The standard InChI is InChI=1S/C31H47NO4/c1-21(2)12-10-13-24(7)14-11-15-25(8)18-19-35-30(33)29(23(5)6)32-31(34)36-28-17-16-27(22(3)4)20-26(28)9/h12,14,16-18,20,22-23,29H,10-11,13,15,19H2,1-9H3,(H,32,34)/b24-14+,25-18+/t29-/m0/s1. The number of carbonyl (C=O) groups excluding carboxylic acids is 2. The molecule has 1 aromatic rings. The van der Waals surface area contributed by atoms with Gasteiger partial charge in [-0.25, -0.2) is 9.59 Å². The fourth-order valence-corrected chi connectivity index (χ4v) is 3.60. The van der Waals surface area contributed by atoms with Crippen LogP contribution in [-0.2, 0) is 9.53 Å². The Kier molecular flexibility index (Phi) is 13.9. The number of esters is 1. The van der Waals surface area contributed by atoms with E-state index in [-0.39, 0.29) is 12.5 Å². The molecule has 0 heterocycles. The van der Waals surface area contributed by atoms with Gasteiger partial charge in [0.2, 0.25) is 0 Å². The zero-order chi connectivity index (χ0) is 27.3. The van der Waals surface area contributed by atoms with Crippen molar-refractivity contribution in [1.82, 2.24) is 5.32 Å². The zero-order valence-corrected chi connectivity index (χ0v) is 23.9. The van der Waals surface area contributed by atoms with Gasteiger partial charge in [-0.05, 0) is 95.4 Å². The highest BCUT2D eigenvalue weighted by atomic mass is 16.6. The number of ether oxygens (including phenoxy) is 2. The Morgan fingerprint density at radius 2 is 1.53 bits per heavy atom. The van der Waals surface area contributed by atoms with Crippen LogP contribution >= 0.6 is 0 Å². The minimum Gasteiger partial charge on any atom is -0.460 e. The summed E-state index contributed by atoms with van der Waals surface area (Å²) in [6.07, 6.45) is 9.87. The topological polar surface area (TPSA) is 64.6 Å². The normalized spacial score (nSPS) is 13.0. The summed E-state index contributed by atoms with van der Waals surface area (Å²) in [5.41, 5.74) is 5.98. The van der Waals surface area contributed by atoms with Crippen LogP contribution in [0.25, 0.3) is 0 Å². The summed E-state index contributed by atoms with van der Waals surface area (Å²) in [7, 11) is 0. The molecule has 1 N–H and O–H groups in total. The summed E-state index contributed by atoms with van der Waals surface area (Å²) in [5.74, 6) is 0.266. The fraction of sp³-hybridized carbons (Fsp3) is 0.548.